The van der Waals surface area contributed by atoms with Crippen LogP contribution in [0.5, 0.6) is 0 Å². The number of fused-ring (bicyclic) bond motifs is 1. The highest BCUT2D eigenvalue weighted by molar-refractivity contribution is 5.83. The number of benzene rings is 2. The number of para-hydroxylation sites is 1. The number of hydrogen-bond donors (Lipinski definition) is 1. The van der Waals surface area contributed by atoms with Crippen LogP contribution in [-0.4, -0.2) is 9.67 Å². The Kier molecular flexibility index (Phi) is 3.24. The fraction of sp³-hybridized carbons (Fsp3) is 0.125. The van der Waals surface area contributed by atoms with E-state index in [1.165, 1.54) is 12.1 Å². The van der Waals surface area contributed by atoms with Crippen molar-refractivity contribution in [3.63, 3.8) is 0 Å². The van der Waals surface area contributed by atoms with E-state index in [2.05, 4.69) is 0 Å². The zero-order valence-electron chi connectivity index (χ0n) is 10.7. The Labute approximate surface area is 114 Å². The summed E-state index contributed by atoms with van der Waals surface area (Å²) in [6.07, 6.45) is 1.81. The molecule has 2 aromatic carbocycles. The molecule has 3 aromatic rings. The van der Waals surface area contributed by atoms with Gasteiger partial charge in [0, 0.05) is 35.3 Å². The first-order valence-electron chi connectivity index (χ1n) is 6.30. The van der Waals surface area contributed by atoms with Crippen LogP contribution in [0.25, 0.3) is 10.9 Å². The summed E-state index contributed by atoms with van der Waals surface area (Å²) in [7, 11) is 0. The maximum atomic E-state index is 13.2. The Morgan fingerprint density at radius 2 is 1.70 bits per heavy atom. The summed E-state index contributed by atoms with van der Waals surface area (Å²) in [5.41, 5.74) is 2.28. The quantitative estimate of drug-likeness (QED) is 0.776. The molecule has 0 aliphatic heterocycles. The minimum absolute atomic E-state index is 0.0645. The van der Waals surface area contributed by atoms with E-state index in [1.807, 2.05) is 35.0 Å². The van der Waals surface area contributed by atoms with Crippen molar-refractivity contribution in [2.75, 3.05) is 0 Å². The average Bonchev–Trinajstić information content (AvgIpc) is 2.76. The number of hydrogen-bond acceptors (Lipinski definition) is 1. The number of aromatic nitrogens is 1. The van der Waals surface area contributed by atoms with Crippen LogP contribution >= 0.6 is 0 Å². The number of nitrogens with zero attached hydrogens (tertiary/aromatic N) is 1. The molecule has 3 rings (SSSR count). The molecule has 1 heterocycles. The van der Waals surface area contributed by atoms with Crippen molar-refractivity contribution in [3.05, 3.63) is 71.4 Å². The molecule has 0 aliphatic carbocycles. The molecular weight excluding hydrogens is 260 g/mol. The first-order valence-corrected chi connectivity index (χ1v) is 6.30. The lowest BCUT2D eigenvalue weighted by molar-refractivity contribution is 0.283. The van der Waals surface area contributed by atoms with Gasteiger partial charge in [-0.25, -0.2) is 8.78 Å². The molecule has 0 fully saturated rings. The maximum absolute atomic E-state index is 13.2. The van der Waals surface area contributed by atoms with E-state index in [4.69, 9.17) is 0 Å². The molecule has 0 radical (unpaired) electrons. The highest BCUT2D eigenvalue weighted by Crippen LogP contribution is 2.22. The van der Waals surface area contributed by atoms with Crippen molar-refractivity contribution in [1.29, 1.82) is 0 Å². The minimum atomic E-state index is -0.584. The second kappa shape index (κ2) is 5.06. The zero-order chi connectivity index (χ0) is 14.1. The molecule has 0 saturated heterocycles. The van der Waals surface area contributed by atoms with Gasteiger partial charge in [0.15, 0.2) is 0 Å². The van der Waals surface area contributed by atoms with Crippen LogP contribution in [0.15, 0.2) is 48.7 Å². The summed E-state index contributed by atoms with van der Waals surface area (Å²) in [6.45, 7) is 0.292. The Bertz CT molecular complexity index is 744. The van der Waals surface area contributed by atoms with E-state index >= 15 is 0 Å². The van der Waals surface area contributed by atoms with Crippen molar-refractivity contribution < 1.29 is 13.9 Å². The van der Waals surface area contributed by atoms with Gasteiger partial charge in [-0.2, -0.15) is 0 Å². The molecule has 0 atom stereocenters. The van der Waals surface area contributed by atoms with Gasteiger partial charge in [0.05, 0.1) is 6.61 Å². The third kappa shape index (κ3) is 2.30. The van der Waals surface area contributed by atoms with Crippen molar-refractivity contribution >= 4 is 10.9 Å². The van der Waals surface area contributed by atoms with Gasteiger partial charge in [0.1, 0.15) is 11.6 Å². The van der Waals surface area contributed by atoms with Gasteiger partial charge in [0.25, 0.3) is 0 Å². The number of halogens is 2. The molecule has 102 valence electrons. The molecule has 0 saturated carbocycles. The molecule has 0 spiro atoms. The van der Waals surface area contributed by atoms with Gasteiger partial charge < -0.3 is 9.67 Å². The third-order valence-electron chi connectivity index (χ3n) is 3.32. The Morgan fingerprint density at radius 3 is 2.40 bits per heavy atom. The lowest BCUT2D eigenvalue weighted by atomic mass is 10.2. The van der Waals surface area contributed by atoms with E-state index < -0.39 is 11.6 Å². The van der Waals surface area contributed by atoms with Crippen LogP contribution in [-0.2, 0) is 13.2 Å². The highest BCUT2D eigenvalue weighted by atomic mass is 19.1. The molecule has 20 heavy (non-hydrogen) atoms. The topological polar surface area (TPSA) is 25.2 Å². The standard InChI is InChI=1S/C16H13F2NO/c17-13-5-11(6-14(18)7-13)8-19-9-12(10-20)15-3-1-2-4-16(15)19/h1-7,9,20H,8,10H2. The van der Waals surface area contributed by atoms with E-state index in [-0.39, 0.29) is 6.61 Å². The van der Waals surface area contributed by atoms with Crippen LogP contribution in [0, 0.1) is 11.6 Å². The smallest absolute Gasteiger partial charge is 0.126 e. The number of aliphatic hydroxyl groups is 1. The molecule has 2 nitrogen and oxygen atoms in total. The fourth-order valence-electron chi connectivity index (χ4n) is 2.48. The lowest BCUT2D eigenvalue weighted by Gasteiger charge is -2.06. The van der Waals surface area contributed by atoms with Gasteiger partial charge in [0.2, 0.25) is 0 Å². The van der Waals surface area contributed by atoms with Gasteiger partial charge in [-0.05, 0) is 23.8 Å². The average molecular weight is 273 g/mol. The Morgan fingerprint density at radius 1 is 1.00 bits per heavy atom. The van der Waals surface area contributed by atoms with E-state index in [1.54, 1.807) is 0 Å². The van der Waals surface area contributed by atoms with Gasteiger partial charge in [-0.15, -0.1) is 0 Å². The molecule has 0 aliphatic rings. The summed E-state index contributed by atoms with van der Waals surface area (Å²) in [5.74, 6) is -1.17. The largest absolute Gasteiger partial charge is 0.392 e. The van der Waals surface area contributed by atoms with Crippen LogP contribution in [0.2, 0.25) is 0 Å². The molecule has 1 N–H and O–H groups in total. The molecule has 0 amide bonds. The summed E-state index contributed by atoms with van der Waals surface area (Å²) < 4.78 is 28.3. The summed E-state index contributed by atoms with van der Waals surface area (Å²) in [4.78, 5) is 0. The van der Waals surface area contributed by atoms with Crippen molar-refractivity contribution in [3.8, 4) is 0 Å². The minimum Gasteiger partial charge on any atom is -0.392 e. The third-order valence-corrected chi connectivity index (χ3v) is 3.32. The van der Waals surface area contributed by atoms with Gasteiger partial charge in [-0.1, -0.05) is 18.2 Å². The van der Waals surface area contributed by atoms with Crippen LogP contribution in [0.4, 0.5) is 8.78 Å². The Balaban J connectivity index is 2.06. The predicted octanol–water partition coefficient (Wildman–Crippen LogP) is 3.46. The van der Waals surface area contributed by atoms with Crippen molar-refractivity contribution in [2.24, 2.45) is 0 Å². The number of aliphatic hydroxyl groups excluding tert-OH is 1. The molecule has 0 unspecified atom stereocenters. The predicted molar refractivity (Wildman–Crippen MR) is 73.3 cm³/mol. The second-order valence-electron chi connectivity index (χ2n) is 4.74. The highest BCUT2D eigenvalue weighted by Gasteiger charge is 2.08. The summed E-state index contributed by atoms with van der Waals surface area (Å²) >= 11 is 0. The molecule has 1 aromatic heterocycles. The second-order valence-corrected chi connectivity index (χ2v) is 4.74. The van der Waals surface area contributed by atoms with Crippen molar-refractivity contribution in [2.45, 2.75) is 13.2 Å². The normalized spacial score (nSPS) is 11.2. The van der Waals surface area contributed by atoms with E-state index in [0.29, 0.717) is 12.1 Å². The monoisotopic (exact) mass is 273 g/mol. The van der Waals surface area contributed by atoms with Gasteiger partial charge >= 0.3 is 0 Å². The van der Waals surface area contributed by atoms with Gasteiger partial charge in [-0.3, -0.25) is 0 Å². The SMILES string of the molecule is OCc1cn(Cc2cc(F)cc(F)c2)c2ccccc12. The number of rotatable bonds is 3. The van der Waals surface area contributed by atoms with Crippen molar-refractivity contribution in [1.82, 2.24) is 4.57 Å². The van der Waals surface area contributed by atoms with Crippen LogP contribution < -0.4 is 0 Å². The van der Waals surface area contributed by atoms with E-state index in [0.717, 1.165) is 22.5 Å². The van der Waals surface area contributed by atoms with Crippen LogP contribution in [0.1, 0.15) is 11.1 Å². The molecular formula is C16H13F2NO. The summed E-state index contributed by atoms with van der Waals surface area (Å²) in [5, 5.41) is 10.3. The summed E-state index contributed by atoms with van der Waals surface area (Å²) in [6, 6.07) is 11.1. The first kappa shape index (κ1) is 12.8. The van der Waals surface area contributed by atoms with Crippen LogP contribution in [0.3, 0.4) is 0 Å². The zero-order valence-corrected chi connectivity index (χ0v) is 10.7. The lowest BCUT2D eigenvalue weighted by Crippen LogP contribution is -1.99. The molecule has 0 bridgehead atoms. The molecule has 4 heteroatoms. The van der Waals surface area contributed by atoms with E-state index in [9.17, 15) is 13.9 Å². The Hall–Kier alpha value is -2.20. The first-order chi connectivity index (χ1) is 9.67. The fourth-order valence-corrected chi connectivity index (χ4v) is 2.48. The maximum Gasteiger partial charge on any atom is 0.126 e.